The van der Waals surface area contributed by atoms with Crippen LogP contribution in [0.2, 0.25) is 0 Å². The number of anilines is 1. The van der Waals surface area contributed by atoms with Crippen LogP contribution in [0.4, 0.5) is 5.82 Å². The SMILES string of the molecule is COc1ccccc1[C@H](CCC(=O)O)CNC(=O)c1c(C)c(N2CCCCCC2)nc2ccc(Br)cc12. The second kappa shape index (κ2) is 12.4. The molecule has 2 N–H and O–H groups in total. The zero-order chi connectivity index (χ0) is 26.4. The Kier molecular flexibility index (Phi) is 9.03. The van der Waals surface area contributed by atoms with E-state index in [9.17, 15) is 14.7 Å². The van der Waals surface area contributed by atoms with E-state index in [2.05, 4.69) is 26.1 Å². The number of rotatable bonds is 9. The molecule has 0 aliphatic carbocycles. The van der Waals surface area contributed by atoms with Gasteiger partial charge in [0.2, 0.25) is 0 Å². The smallest absolute Gasteiger partial charge is 0.303 e. The summed E-state index contributed by atoms with van der Waals surface area (Å²) >= 11 is 3.55. The predicted molar refractivity (Wildman–Crippen MR) is 150 cm³/mol. The third-order valence-corrected chi connectivity index (χ3v) is 7.59. The fourth-order valence-corrected chi connectivity index (χ4v) is 5.54. The number of methoxy groups -OCH3 is 1. The number of carboxylic acids is 1. The van der Waals surface area contributed by atoms with Crippen LogP contribution in [0.15, 0.2) is 46.9 Å². The van der Waals surface area contributed by atoms with Gasteiger partial charge in [0.05, 0.1) is 18.2 Å². The Morgan fingerprint density at radius 3 is 2.57 bits per heavy atom. The van der Waals surface area contributed by atoms with Crippen LogP contribution in [0.5, 0.6) is 5.75 Å². The van der Waals surface area contributed by atoms with E-state index in [1.54, 1.807) is 7.11 Å². The summed E-state index contributed by atoms with van der Waals surface area (Å²) in [5, 5.41) is 13.2. The van der Waals surface area contributed by atoms with Crippen molar-refractivity contribution >= 4 is 44.5 Å². The molecule has 1 saturated heterocycles. The van der Waals surface area contributed by atoms with E-state index in [-0.39, 0.29) is 18.2 Å². The number of halogens is 1. The molecule has 3 aromatic rings. The molecule has 0 saturated carbocycles. The first kappa shape index (κ1) is 26.9. The standard InChI is InChI=1S/C29H34BrN3O4/c1-19-27(23-17-21(30)12-13-24(23)32-28(19)33-15-7-3-4-8-16-33)29(36)31-18-20(11-14-26(34)35)22-9-5-6-10-25(22)37-2/h5-6,9-10,12-13,17,20H,3-4,7-8,11,14-16,18H2,1-2H3,(H,31,36)(H,34,35)/t20-/m1/s1. The number of ether oxygens (including phenoxy) is 1. The van der Waals surface area contributed by atoms with Crippen LogP contribution in [0.3, 0.4) is 0 Å². The van der Waals surface area contributed by atoms with Gasteiger partial charge in [0.15, 0.2) is 0 Å². The average Bonchev–Trinajstić information content (AvgIpc) is 3.17. The van der Waals surface area contributed by atoms with Crippen LogP contribution in [0.25, 0.3) is 10.9 Å². The lowest BCUT2D eigenvalue weighted by molar-refractivity contribution is -0.137. The van der Waals surface area contributed by atoms with Gasteiger partial charge in [0.1, 0.15) is 11.6 Å². The largest absolute Gasteiger partial charge is 0.496 e. The second-order valence-corrected chi connectivity index (χ2v) is 10.5. The van der Waals surface area contributed by atoms with E-state index < -0.39 is 5.97 Å². The lowest BCUT2D eigenvalue weighted by Crippen LogP contribution is -2.31. The lowest BCUT2D eigenvalue weighted by Gasteiger charge is -2.26. The molecule has 196 valence electrons. The summed E-state index contributed by atoms with van der Waals surface area (Å²) < 4.78 is 6.41. The molecule has 1 amide bonds. The number of carbonyl (C=O) groups excluding carboxylic acids is 1. The number of para-hydroxylation sites is 1. The summed E-state index contributed by atoms with van der Waals surface area (Å²) in [7, 11) is 1.60. The van der Waals surface area contributed by atoms with Crippen LogP contribution in [0, 0.1) is 6.92 Å². The van der Waals surface area contributed by atoms with E-state index in [0.29, 0.717) is 24.3 Å². The molecule has 2 heterocycles. The van der Waals surface area contributed by atoms with Gasteiger partial charge in [-0.05, 0) is 56.0 Å². The first-order valence-electron chi connectivity index (χ1n) is 12.9. The maximum atomic E-state index is 13.8. The molecule has 2 aromatic carbocycles. The Morgan fingerprint density at radius 1 is 1.14 bits per heavy atom. The number of nitrogens with one attached hydrogen (secondary N) is 1. The van der Waals surface area contributed by atoms with Gasteiger partial charge in [0, 0.05) is 47.4 Å². The molecule has 1 fully saturated rings. The third kappa shape index (κ3) is 6.42. The number of hydrogen-bond donors (Lipinski definition) is 2. The van der Waals surface area contributed by atoms with Crippen molar-refractivity contribution in [2.24, 2.45) is 0 Å². The molecule has 4 rings (SSSR count). The number of carboxylic acid groups (broad SMARTS) is 1. The topological polar surface area (TPSA) is 91.8 Å². The number of nitrogens with zero attached hydrogens (tertiary/aromatic N) is 2. The second-order valence-electron chi connectivity index (χ2n) is 9.58. The number of hydrogen-bond acceptors (Lipinski definition) is 5. The van der Waals surface area contributed by atoms with Crippen LogP contribution in [-0.2, 0) is 4.79 Å². The van der Waals surface area contributed by atoms with Gasteiger partial charge >= 0.3 is 5.97 Å². The number of fused-ring (bicyclic) bond motifs is 1. The van der Waals surface area contributed by atoms with Crippen molar-refractivity contribution in [3.8, 4) is 5.75 Å². The summed E-state index contributed by atoms with van der Waals surface area (Å²) in [5.74, 6) is 0.295. The van der Waals surface area contributed by atoms with Crippen molar-refractivity contribution < 1.29 is 19.4 Å². The van der Waals surface area contributed by atoms with Gasteiger partial charge in [-0.15, -0.1) is 0 Å². The third-order valence-electron chi connectivity index (χ3n) is 7.09. The summed E-state index contributed by atoms with van der Waals surface area (Å²) in [4.78, 5) is 32.4. The monoisotopic (exact) mass is 567 g/mol. The molecule has 0 radical (unpaired) electrons. The number of aliphatic carboxylic acids is 1. The first-order valence-corrected chi connectivity index (χ1v) is 13.7. The van der Waals surface area contributed by atoms with Crippen LogP contribution in [-0.4, -0.2) is 48.7 Å². The molecule has 7 nitrogen and oxygen atoms in total. The Bertz CT molecular complexity index is 1270. The summed E-state index contributed by atoms with van der Waals surface area (Å²) in [5.41, 5.74) is 3.15. The van der Waals surface area contributed by atoms with Crippen molar-refractivity contribution in [3.05, 3.63) is 63.6 Å². The molecule has 37 heavy (non-hydrogen) atoms. The number of pyridine rings is 1. The Hall–Kier alpha value is -3.13. The van der Waals surface area contributed by atoms with Crippen LogP contribution < -0.4 is 15.0 Å². The number of aromatic nitrogens is 1. The molecule has 1 aromatic heterocycles. The molecule has 0 spiro atoms. The van der Waals surface area contributed by atoms with Gasteiger partial charge in [-0.2, -0.15) is 0 Å². The molecule has 1 atom stereocenters. The predicted octanol–water partition coefficient (Wildman–Crippen LogP) is 6.07. The van der Waals surface area contributed by atoms with Crippen molar-refractivity contribution in [2.45, 2.75) is 51.4 Å². The highest BCUT2D eigenvalue weighted by atomic mass is 79.9. The van der Waals surface area contributed by atoms with Gasteiger partial charge in [-0.1, -0.05) is 47.0 Å². The highest BCUT2D eigenvalue weighted by Gasteiger charge is 2.24. The minimum absolute atomic E-state index is 0.00184. The minimum Gasteiger partial charge on any atom is -0.496 e. The van der Waals surface area contributed by atoms with Crippen molar-refractivity contribution in [1.82, 2.24) is 10.3 Å². The normalized spacial score (nSPS) is 14.7. The fourth-order valence-electron chi connectivity index (χ4n) is 5.17. The van der Waals surface area contributed by atoms with Gasteiger partial charge < -0.3 is 20.1 Å². The number of benzene rings is 2. The molecular formula is C29H34BrN3O4. The van der Waals surface area contributed by atoms with Gasteiger partial charge in [-0.25, -0.2) is 4.98 Å². The lowest BCUT2D eigenvalue weighted by atomic mass is 9.93. The van der Waals surface area contributed by atoms with Gasteiger partial charge in [0.25, 0.3) is 5.91 Å². The van der Waals surface area contributed by atoms with Crippen molar-refractivity contribution in [3.63, 3.8) is 0 Å². The van der Waals surface area contributed by atoms with Crippen LogP contribution >= 0.6 is 15.9 Å². The maximum Gasteiger partial charge on any atom is 0.303 e. The van der Waals surface area contributed by atoms with E-state index in [1.807, 2.05) is 49.4 Å². The Morgan fingerprint density at radius 2 is 1.86 bits per heavy atom. The number of carbonyl (C=O) groups is 2. The molecule has 1 aliphatic heterocycles. The highest BCUT2D eigenvalue weighted by Crippen LogP contribution is 2.33. The van der Waals surface area contributed by atoms with Gasteiger partial charge in [-0.3, -0.25) is 9.59 Å². The van der Waals surface area contributed by atoms with E-state index in [0.717, 1.165) is 58.3 Å². The van der Waals surface area contributed by atoms with E-state index >= 15 is 0 Å². The molecule has 8 heteroatoms. The number of amides is 1. The van der Waals surface area contributed by atoms with Crippen LogP contribution in [0.1, 0.15) is 65.9 Å². The quantitative estimate of drug-likeness (QED) is 0.326. The molecule has 0 bridgehead atoms. The molecular weight excluding hydrogens is 534 g/mol. The van der Waals surface area contributed by atoms with Crippen molar-refractivity contribution in [2.75, 3.05) is 31.6 Å². The van der Waals surface area contributed by atoms with Crippen molar-refractivity contribution in [1.29, 1.82) is 0 Å². The summed E-state index contributed by atoms with van der Waals surface area (Å²) in [6.07, 6.45) is 5.04. The zero-order valence-electron chi connectivity index (χ0n) is 21.4. The zero-order valence-corrected chi connectivity index (χ0v) is 23.0. The van der Waals surface area contributed by atoms with E-state index in [1.165, 1.54) is 12.8 Å². The summed E-state index contributed by atoms with van der Waals surface area (Å²) in [6, 6.07) is 13.4. The highest BCUT2D eigenvalue weighted by molar-refractivity contribution is 9.10. The maximum absolute atomic E-state index is 13.8. The minimum atomic E-state index is -0.867. The molecule has 1 aliphatic rings. The Balaban J connectivity index is 1.68. The first-order chi connectivity index (χ1) is 17.9. The molecule has 0 unspecified atom stereocenters. The summed E-state index contributed by atoms with van der Waals surface area (Å²) in [6.45, 7) is 4.14. The fraction of sp³-hybridized carbons (Fsp3) is 0.414. The van der Waals surface area contributed by atoms with E-state index in [4.69, 9.17) is 9.72 Å². The average molecular weight is 569 g/mol. The Labute approximate surface area is 226 Å².